The maximum absolute atomic E-state index is 12.1. The zero-order valence-corrected chi connectivity index (χ0v) is 15.0. The van der Waals surface area contributed by atoms with Gasteiger partial charge in [0, 0.05) is 24.3 Å². The monoisotopic (exact) mass is 403 g/mol. The summed E-state index contributed by atoms with van der Waals surface area (Å²) in [7, 11) is 0. The van der Waals surface area contributed by atoms with Gasteiger partial charge in [0.1, 0.15) is 9.30 Å². The molecule has 0 spiro atoms. The summed E-state index contributed by atoms with van der Waals surface area (Å²) in [4.78, 5) is 14.0. The van der Waals surface area contributed by atoms with E-state index in [4.69, 9.17) is 9.84 Å². The molecular weight excluding hydrogens is 381 g/mol. The molecule has 3 rings (SSSR count). The summed E-state index contributed by atoms with van der Waals surface area (Å²) in [5, 5.41) is 4.71. The van der Waals surface area contributed by atoms with E-state index in [0.717, 1.165) is 29.5 Å². The lowest BCUT2D eigenvalue weighted by Crippen LogP contribution is -2.35. The van der Waals surface area contributed by atoms with E-state index in [1.165, 1.54) is 17.7 Å². The largest absolute Gasteiger partial charge is 0.444 e. The quantitative estimate of drug-likeness (QED) is 0.677. The number of hydrogen-bond acceptors (Lipinski definition) is 3. The van der Waals surface area contributed by atoms with Gasteiger partial charge in [0.05, 0.1) is 6.04 Å². The van der Waals surface area contributed by atoms with Crippen LogP contribution in [0.5, 0.6) is 0 Å². The van der Waals surface area contributed by atoms with Crippen molar-refractivity contribution in [1.82, 2.24) is 14.7 Å². The second-order valence-electron chi connectivity index (χ2n) is 6.88. The Hall–Kier alpha value is -0.790. The van der Waals surface area contributed by atoms with Crippen LogP contribution in [-0.2, 0) is 17.6 Å². The zero-order valence-electron chi connectivity index (χ0n) is 12.9. The molecule has 0 aromatic carbocycles. The van der Waals surface area contributed by atoms with Crippen molar-refractivity contribution < 1.29 is 9.53 Å². The Labute approximate surface area is 139 Å². The van der Waals surface area contributed by atoms with Crippen LogP contribution in [0, 0.1) is 3.70 Å². The number of ether oxygens (including phenoxy) is 1. The molecule has 1 aromatic heterocycles. The molecule has 0 bridgehead atoms. The molecule has 0 radical (unpaired) electrons. The Morgan fingerprint density at radius 2 is 2.14 bits per heavy atom. The van der Waals surface area contributed by atoms with Crippen LogP contribution in [0.1, 0.15) is 50.9 Å². The second kappa shape index (κ2) is 5.44. The van der Waals surface area contributed by atoms with E-state index in [9.17, 15) is 4.79 Å². The molecule has 21 heavy (non-hydrogen) atoms. The Morgan fingerprint density at radius 3 is 2.86 bits per heavy atom. The van der Waals surface area contributed by atoms with Crippen molar-refractivity contribution in [2.24, 2.45) is 0 Å². The molecule has 0 unspecified atom stereocenters. The van der Waals surface area contributed by atoms with E-state index in [1.807, 2.05) is 25.7 Å². The van der Waals surface area contributed by atoms with Gasteiger partial charge in [0.15, 0.2) is 0 Å². The second-order valence-corrected chi connectivity index (χ2v) is 7.90. The van der Waals surface area contributed by atoms with E-state index in [2.05, 4.69) is 27.3 Å². The van der Waals surface area contributed by atoms with Gasteiger partial charge in [-0.25, -0.2) is 4.79 Å². The highest BCUT2D eigenvalue weighted by molar-refractivity contribution is 14.1. The molecule has 2 heterocycles. The molecule has 1 aromatic rings. The first-order valence-corrected chi connectivity index (χ1v) is 8.67. The normalized spacial score (nSPS) is 21.7. The van der Waals surface area contributed by atoms with Gasteiger partial charge in [-0.3, -0.25) is 4.68 Å². The summed E-state index contributed by atoms with van der Waals surface area (Å²) < 4.78 is 8.77. The minimum absolute atomic E-state index is 0.205. The number of rotatable bonds is 1. The molecule has 1 aliphatic heterocycles. The number of nitrogens with zero attached hydrogens (tertiary/aromatic N) is 3. The van der Waals surface area contributed by atoms with Crippen LogP contribution < -0.4 is 0 Å². The van der Waals surface area contributed by atoms with Gasteiger partial charge >= 0.3 is 6.09 Å². The van der Waals surface area contributed by atoms with Crippen molar-refractivity contribution in [1.29, 1.82) is 0 Å². The third-order valence-electron chi connectivity index (χ3n) is 4.07. The lowest BCUT2D eigenvalue weighted by molar-refractivity contribution is 0.0288. The predicted molar refractivity (Wildman–Crippen MR) is 88.4 cm³/mol. The molecule has 1 aliphatic carbocycles. The zero-order chi connectivity index (χ0) is 15.2. The maximum Gasteiger partial charge on any atom is 0.410 e. The summed E-state index contributed by atoms with van der Waals surface area (Å²) >= 11 is 2.33. The number of aromatic nitrogens is 2. The van der Waals surface area contributed by atoms with E-state index >= 15 is 0 Å². The molecule has 0 saturated carbocycles. The van der Waals surface area contributed by atoms with Crippen LogP contribution >= 0.6 is 22.6 Å². The number of hydrogen-bond donors (Lipinski definition) is 0. The Kier molecular flexibility index (Phi) is 3.92. The van der Waals surface area contributed by atoms with Crippen LogP contribution in [0.2, 0.25) is 0 Å². The molecule has 1 amide bonds. The number of carbonyl (C=O) groups excluding carboxylic acids is 1. The molecule has 1 saturated heterocycles. The minimum Gasteiger partial charge on any atom is -0.444 e. The van der Waals surface area contributed by atoms with Crippen molar-refractivity contribution in [2.45, 2.75) is 58.1 Å². The van der Waals surface area contributed by atoms with E-state index in [0.29, 0.717) is 12.6 Å². The number of fused-ring (bicyclic) bond motifs is 1. The molecule has 1 fully saturated rings. The highest BCUT2D eigenvalue weighted by Gasteiger charge is 2.33. The van der Waals surface area contributed by atoms with E-state index in [-0.39, 0.29) is 6.09 Å². The summed E-state index contributed by atoms with van der Waals surface area (Å²) in [5.41, 5.74) is 2.37. The van der Waals surface area contributed by atoms with Crippen LogP contribution in [0.3, 0.4) is 0 Å². The smallest absolute Gasteiger partial charge is 0.410 e. The summed E-state index contributed by atoms with van der Waals surface area (Å²) in [6.45, 7) is 7.17. The van der Waals surface area contributed by atoms with Crippen LogP contribution in [0.25, 0.3) is 0 Å². The van der Waals surface area contributed by atoms with E-state index in [1.54, 1.807) is 0 Å². The van der Waals surface area contributed by atoms with Gasteiger partial charge in [0.25, 0.3) is 0 Å². The fourth-order valence-corrected chi connectivity index (χ4v) is 3.97. The van der Waals surface area contributed by atoms with Crippen LogP contribution in [0.4, 0.5) is 4.79 Å². The highest BCUT2D eigenvalue weighted by Crippen LogP contribution is 2.32. The fourth-order valence-electron chi connectivity index (χ4n) is 3.15. The van der Waals surface area contributed by atoms with Crippen molar-refractivity contribution >= 4 is 28.7 Å². The molecule has 6 heteroatoms. The fraction of sp³-hybridized carbons (Fsp3) is 0.733. The third kappa shape index (κ3) is 3.05. The number of halogens is 1. The molecule has 2 aliphatic rings. The van der Waals surface area contributed by atoms with Gasteiger partial charge in [-0.2, -0.15) is 5.10 Å². The molecule has 5 nitrogen and oxygen atoms in total. The first kappa shape index (κ1) is 15.1. The van der Waals surface area contributed by atoms with Gasteiger partial charge < -0.3 is 9.64 Å². The predicted octanol–water partition coefficient (Wildman–Crippen LogP) is 3.16. The summed E-state index contributed by atoms with van der Waals surface area (Å²) in [5.74, 6) is 0. The van der Waals surface area contributed by atoms with Gasteiger partial charge in [-0.05, 0) is 69.0 Å². The average molecular weight is 403 g/mol. The summed E-state index contributed by atoms with van der Waals surface area (Å²) in [6.07, 6.45) is 4.25. The molecule has 0 N–H and O–H groups in total. The van der Waals surface area contributed by atoms with Crippen molar-refractivity contribution in [3.05, 3.63) is 15.0 Å². The van der Waals surface area contributed by atoms with Gasteiger partial charge in [0.2, 0.25) is 0 Å². The molecular formula is C15H22IN3O2. The average Bonchev–Trinajstić information content (AvgIpc) is 3.05. The van der Waals surface area contributed by atoms with Crippen LogP contribution in [-0.4, -0.2) is 39.5 Å². The number of likely N-dealkylation sites (tertiary alicyclic amines) is 1. The number of carbonyl (C=O) groups is 1. The van der Waals surface area contributed by atoms with E-state index < -0.39 is 5.60 Å². The highest BCUT2D eigenvalue weighted by atomic mass is 127. The lowest BCUT2D eigenvalue weighted by atomic mass is 10.2. The SMILES string of the molecule is CC(C)(C)OC(=O)N1CC[C@@H](n2nc(I)c3c2CCC3)C1. The summed E-state index contributed by atoms with van der Waals surface area (Å²) in [6, 6.07) is 0.299. The topological polar surface area (TPSA) is 47.4 Å². The Morgan fingerprint density at radius 1 is 1.38 bits per heavy atom. The Balaban J connectivity index is 1.70. The van der Waals surface area contributed by atoms with Crippen molar-refractivity contribution in [2.75, 3.05) is 13.1 Å². The van der Waals surface area contributed by atoms with Crippen molar-refractivity contribution in [3.63, 3.8) is 0 Å². The minimum atomic E-state index is -0.433. The van der Waals surface area contributed by atoms with Crippen LogP contribution in [0.15, 0.2) is 0 Å². The van der Waals surface area contributed by atoms with Gasteiger partial charge in [-0.1, -0.05) is 0 Å². The standard InChI is InChI=1S/C15H22IN3O2/c1-15(2,3)21-14(20)18-8-7-10(9-18)19-12-6-4-5-11(12)13(16)17-19/h10H,4-9H2,1-3H3/t10-/m1/s1. The first-order chi connectivity index (χ1) is 9.85. The number of amides is 1. The third-order valence-corrected chi connectivity index (χ3v) is 4.94. The van der Waals surface area contributed by atoms with Crippen molar-refractivity contribution in [3.8, 4) is 0 Å². The lowest BCUT2D eigenvalue weighted by Gasteiger charge is -2.24. The maximum atomic E-state index is 12.1. The van der Waals surface area contributed by atoms with Gasteiger partial charge in [-0.15, -0.1) is 0 Å². The molecule has 116 valence electrons. The molecule has 1 atom stereocenters. The Bertz CT molecular complexity index is 562. The first-order valence-electron chi connectivity index (χ1n) is 7.59.